The SMILES string of the molecule is CCCCOP(=O)(OCCCC)Oc1ccc2c(c1)CCC1C2CCC2(C)C(OC(=O)COCCOCCNC(=O)CCC(=O)Nc3ccc(OC)c(C(N)=O)c3O)CCC12. The van der Waals surface area contributed by atoms with Crippen molar-refractivity contribution < 1.29 is 61.4 Å². The fourth-order valence-electron chi connectivity index (χ4n) is 9.06. The number of nitrogens with one attached hydrogen (secondary N) is 2. The van der Waals surface area contributed by atoms with Crippen molar-refractivity contribution in [2.75, 3.05) is 58.6 Å². The van der Waals surface area contributed by atoms with Gasteiger partial charge in [-0.2, -0.15) is 0 Å². The summed E-state index contributed by atoms with van der Waals surface area (Å²) in [6, 6.07) is 8.79. The molecule has 5 atom stereocenters. The second-order valence-corrected chi connectivity index (χ2v) is 17.8. The summed E-state index contributed by atoms with van der Waals surface area (Å²) in [5.41, 5.74) is 7.45. The third-order valence-corrected chi connectivity index (χ3v) is 13.6. The van der Waals surface area contributed by atoms with Crippen LogP contribution in [0.3, 0.4) is 0 Å². The number of nitrogens with two attached hydrogens (primary N) is 1. The van der Waals surface area contributed by atoms with E-state index < -0.39 is 31.4 Å². The summed E-state index contributed by atoms with van der Waals surface area (Å²) in [7, 11) is -2.42. The number of primary amides is 1. The number of hydrogen-bond donors (Lipinski definition) is 4. The zero-order chi connectivity index (χ0) is 44.0. The molecule has 3 aliphatic carbocycles. The van der Waals surface area contributed by atoms with E-state index in [0.717, 1.165) is 64.2 Å². The molecule has 2 saturated carbocycles. The van der Waals surface area contributed by atoms with E-state index in [1.165, 1.54) is 30.4 Å². The molecule has 61 heavy (non-hydrogen) atoms. The lowest BCUT2D eigenvalue weighted by atomic mass is 9.55. The highest BCUT2D eigenvalue weighted by atomic mass is 31.2. The van der Waals surface area contributed by atoms with E-state index in [9.17, 15) is 28.8 Å². The van der Waals surface area contributed by atoms with Crippen LogP contribution in [0.1, 0.15) is 119 Å². The number of methoxy groups -OCH3 is 1. The molecule has 0 bridgehead atoms. The number of fused-ring (bicyclic) bond motifs is 5. The molecule has 338 valence electrons. The maximum Gasteiger partial charge on any atom is 0.530 e. The number of rotatable bonds is 25. The normalized spacial score (nSPS) is 21.7. The fraction of sp³-hybridized carbons (Fsp3) is 0.636. The van der Waals surface area contributed by atoms with Gasteiger partial charge in [0.2, 0.25) is 11.8 Å². The number of aromatic hydroxyl groups is 1. The van der Waals surface area contributed by atoms with Crippen LogP contribution in [0, 0.1) is 17.3 Å². The number of anilines is 1. The Labute approximate surface area is 358 Å². The number of phenols is 1. The number of hydrogen-bond acceptors (Lipinski definition) is 13. The van der Waals surface area contributed by atoms with Crippen LogP contribution >= 0.6 is 7.82 Å². The summed E-state index contributed by atoms with van der Waals surface area (Å²) in [4.78, 5) is 49.1. The molecule has 2 aromatic rings. The van der Waals surface area contributed by atoms with E-state index in [1.807, 2.05) is 26.0 Å². The second kappa shape index (κ2) is 22.8. The zero-order valence-electron chi connectivity index (χ0n) is 36.0. The molecule has 0 aliphatic heterocycles. The van der Waals surface area contributed by atoms with Gasteiger partial charge in [-0.25, -0.2) is 9.36 Å². The van der Waals surface area contributed by atoms with Crippen LogP contribution in [-0.2, 0) is 48.6 Å². The molecular weight excluding hydrogens is 809 g/mol. The quantitative estimate of drug-likeness (QED) is 0.0344. The topological polar surface area (TPSA) is 220 Å². The molecule has 0 saturated heterocycles. The molecule has 3 amide bonds. The molecule has 3 aliphatic rings. The molecule has 0 aromatic heterocycles. The first-order valence-electron chi connectivity index (χ1n) is 21.6. The standard InChI is InChI=1S/C44H64N3O13P/c1-5-7-22-57-61(53,58-23-8-6-2)60-30-10-12-31-29(27-30)9-11-33-32(31)19-20-44(3)34(33)13-16-37(44)59-40(50)28-56-26-25-55-24-21-46-38(48)17-18-39(49)47-35-14-15-36(54-4)41(42(35)51)43(45)52/h10,12,14-15,27,32-34,37,51H,5-9,11,13,16-26,28H2,1-4H3,(H2,45,52)(H,46,48)(H,47,49). The van der Waals surface area contributed by atoms with E-state index in [-0.39, 0.29) is 80.2 Å². The number of carbonyl (C=O) groups is 4. The smallest absolute Gasteiger partial charge is 0.505 e. The number of phosphoric acid groups is 1. The number of amides is 3. The van der Waals surface area contributed by atoms with Crippen molar-refractivity contribution in [2.45, 2.75) is 110 Å². The van der Waals surface area contributed by atoms with Gasteiger partial charge in [-0.1, -0.05) is 39.7 Å². The van der Waals surface area contributed by atoms with Crippen LogP contribution in [-0.4, -0.2) is 88.2 Å². The number of ether oxygens (including phenoxy) is 4. The molecule has 2 fully saturated rings. The fourth-order valence-corrected chi connectivity index (χ4v) is 10.3. The zero-order valence-corrected chi connectivity index (χ0v) is 36.9. The van der Waals surface area contributed by atoms with Crippen LogP contribution in [0.25, 0.3) is 0 Å². The molecule has 5 rings (SSSR count). The van der Waals surface area contributed by atoms with Crippen LogP contribution in [0.5, 0.6) is 17.2 Å². The largest absolute Gasteiger partial charge is 0.530 e. The minimum atomic E-state index is -3.74. The monoisotopic (exact) mass is 873 g/mol. The number of phosphoric ester groups is 1. The second-order valence-electron chi connectivity index (χ2n) is 16.3. The van der Waals surface area contributed by atoms with Crippen molar-refractivity contribution in [2.24, 2.45) is 23.0 Å². The lowest BCUT2D eigenvalue weighted by Gasteiger charge is -2.50. The Morgan fingerprint density at radius 2 is 1.62 bits per heavy atom. The lowest BCUT2D eigenvalue weighted by Crippen LogP contribution is -2.45. The van der Waals surface area contributed by atoms with E-state index >= 15 is 0 Å². The maximum absolute atomic E-state index is 13.5. The van der Waals surface area contributed by atoms with Gasteiger partial charge in [0.25, 0.3) is 5.91 Å². The Hall–Kier alpha value is -4.21. The van der Waals surface area contributed by atoms with Gasteiger partial charge in [0.1, 0.15) is 29.8 Å². The van der Waals surface area contributed by atoms with Crippen molar-refractivity contribution in [1.82, 2.24) is 5.32 Å². The van der Waals surface area contributed by atoms with E-state index in [1.54, 1.807) is 0 Å². The van der Waals surface area contributed by atoms with Gasteiger partial charge < -0.3 is 44.9 Å². The molecule has 0 heterocycles. The van der Waals surface area contributed by atoms with Crippen molar-refractivity contribution in [3.05, 3.63) is 47.0 Å². The van der Waals surface area contributed by atoms with Gasteiger partial charge in [0.05, 0.1) is 45.8 Å². The highest BCUT2D eigenvalue weighted by molar-refractivity contribution is 7.48. The Morgan fingerprint density at radius 1 is 0.902 bits per heavy atom. The van der Waals surface area contributed by atoms with Gasteiger partial charge in [-0.3, -0.25) is 23.4 Å². The third kappa shape index (κ3) is 12.7. The van der Waals surface area contributed by atoms with Crippen molar-refractivity contribution >= 4 is 37.2 Å². The number of benzene rings is 2. The van der Waals surface area contributed by atoms with Gasteiger partial charge in [-0.15, -0.1) is 0 Å². The first kappa shape index (κ1) is 47.8. The predicted octanol–water partition coefficient (Wildman–Crippen LogP) is 6.96. The first-order valence-corrected chi connectivity index (χ1v) is 23.1. The van der Waals surface area contributed by atoms with Crippen LogP contribution in [0.4, 0.5) is 5.69 Å². The van der Waals surface area contributed by atoms with Crippen molar-refractivity contribution in [3.8, 4) is 17.2 Å². The highest BCUT2D eigenvalue weighted by Gasteiger charge is 2.56. The molecule has 17 heteroatoms. The number of carbonyl (C=O) groups excluding carboxylic acids is 4. The van der Waals surface area contributed by atoms with Crippen LogP contribution in [0.2, 0.25) is 0 Å². The summed E-state index contributed by atoms with van der Waals surface area (Å²) in [5.74, 6) is -0.847. The Morgan fingerprint density at radius 3 is 2.33 bits per heavy atom. The summed E-state index contributed by atoms with van der Waals surface area (Å²) in [6.07, 6.45) is 8.63. The molecule has 5 unspecified atom stereocenters. The van der Waals surface area contributed by atoms with Crippen molar-refractivity contribution in [3.63, 3.8) is 0 Å². The molecule has 5 N–H and O–H groups in total. The van der Waals surface area contributed by atoms with Gasteiger partial charge in [-0.05, 0) is 105 Å². The Bertz CT molecular complexity index is 1860. The summed E-state index contributed by atoms with van der Waals surface area (Å²) in [5, 5.41) is 15.5. The average molecular weight is 874 g/mol. The van der Waals surface area contributed by atoms with Gasteiger partial charge >= 0.3 is 13.8 Å². The number of aryl methyl sites for hydroxylation is 1. The predicted molar refractivity (Wildman–Crippen MR) is 227 cm³/mol. The summed E-state index contributed by atoms with van der Waals surface area (Å²) >= 11 is 0. The van der Waals surface area contributed by atoms with E-state index in [0.29, 0.717) is 36.7 Å². The molecular formula is C44H64N3O13P. The Balaban J connectivity index is 0.974. The Kier molecular flexibility index (Phi) is 17.8. The van der Waals surface area contributed by atoms with Gasteiger partial charge in [0, 0.05) is 24.8 Å². The third-order valence-electron chi connectivity index (χ3n) is 12.2. The molecule has 0 spiro atoms. The van der Waals surface area contributed by atoms with E-state index in [2.05, 4.69) is 23.6 Å². The molecule has 2 aromatic carbocycles. The van der Waals surface area contributed by atoms with E-state index in [4.69, 9.17) is 38.3 Å². The number of unbranched alkanes of at least 4 members (excludes halogenated alkanes) is 2. The van der Waals surface area contributed by atoms with Gasteiger partial charge in [0.15, 0.2) is 5.75 Å². The first-order chi connectivity index (χ1) is 29.3. The minimum Gasteiger partial charge on any atom is -0.505 e. The summed E-state index contributed by atoms with van der Waals surface area (Å²) < 4.78 is 52.9. The minimum absolute atomic E-state index is 0.0317. The average Bonchev–Trinajstić information content (AvgIpc) is 3.56. The van der Waals surface area contributed by atoms with Crippen LogP contribution < -0.4 is 25.6 Å². The highest BCUT2D eigenvalue weighted by Crippen LogP contribution is 2.62. The lowest BCUT2D eigenvalue weighted by molar-refractivity contribution is -0.163. The summed E-state index contributed by atoms with van der Waals surface area (Å²) in [6.45, 7) is 7.63. The van der Waals surface area contributed by atoms with Crippen molar-refractivity contribution in [1.29, 1.82) is 0 Å². The number of esters is 1. The molecule has 16 nitrogen and oxygen atoms in total. The maximum atomic E-state index is 13.5. The molecule has 0 radical (unpaired) electrons. The van der Waals surface area contributed by atoms with Crippen LogP contribution in [0.15, 0.2) is 30.3 Å².